The van der Waals surface area contributed by atoms with Crippen LogP contribution in [0.1, 0.15) is 39.0 Å². The Morgan fingerprint density at radius 1 is 1.44 bits per heavy atom. The minimum Gasteiger partial charge on any atom is -0.409 e. The second kappa shape index (κ2) is 4.76. The van der Waals surface area contributed by atoms with E-state index in [0.29, 0.717) is 19.4 Å². The fourth-order valence-corrected chi connectivity index (χ4v) is 2.64. The highest BCUT2D eigenvalue weighted by Gasteiger charge is 2.48. The monoisotopic (exact) mass is 255 g/mol. The van der Waals surface area contributed by atoms with Crippen molar-refractivity contribution in [3.8, 4) is 0 Å². The van der Waals surface area contributed by atoms with Crippen molar-refractivity contribution >= 4 is 11.7 Å². The van der Waals surface area contributed by atoms with Crippen molar-refractivity contribution in [2.45, 2.75) is 44.6 Å². The summed E-state index contributed by atoms with van der Waals surface area (Å²) in [4.78, 5) is 12.2. The number of hydrogen-bond donors (Lipinski definition) is 3. The fraction of sp³-hybridized carbons (Fsp3) is 0.833. The molecule has 2 aliphatic rings. The molecule has 1 saturated heterocycles. The van der Waals surface area contributed by atoms with E-state index in [1.165, 1.54) is 0 Å². The van der Waals surface area contributed by atoms with Gasteiger partial charge in [0.2, 0.25) is 5.91 Å². The third kappa shape index (κ3) is 2.16. The van der Waals surface area contributed by atoms with E-state index in [-0.39, 0.29) is 17.3 Å². The molecule has 1 aliphatic carbocycles. The summed E-state index contributed by atoms with van der Waals surface area (Å²) in [6.07, 6.45) is 4.19. The molecule has 1 saturated carbocycles. The lowest BCUT2D eigenvalue weighted by Gasteiger charge is -2.39. The topological polar surface area (TPSA) is 96.9 Å². The van der Waals surface area contributed by atoms with Crippen LogP contribution in [-0.2, 0) is 9.53 Å². The van der Waals surface area contributed by atoms with E-state index in [9.17, 15) is 4.79 Å². The highest BCUT2D eigenvalue weighted by atomic mass is 16.5. The van der Waals surface area contributed by atoms with E-state index >= 15 is 0 Å². The predicted molar refractivity (Wildman–Crippen MR) is 66.3 cm³/mol. The van der Waals surface area contributed by atoms with Crippen LogP contribution in [0.15, 0.2) is 5.16 Å². The first-order valence-electron chi connectivity index (χ1n) is 6.43. The SMILES string of the molecule is CC1(CNC(=O)C2(C(N)=NO)CCC2)CCCO1. The van der Waals surface area contributed by atoms with Crippen molar-refractivity contribution < 1.29 is 14.7 Å². The van der Waals surface area contributed by atoms with Crippen molar-refractivity contribution in [2.75, 3.05) is 13.2 Å². The van der Waals surface area contributed by atoms with Crippen LogP contribution < -0.4 is 11.1 Å². The lowest BCUT2D eigenvalue weighted by atomic mass is 9.67. The molecule has 0 aromatic carbocycles. The van der Waals surface area contributed by atoms with Crippen LogP contribution in [-0.4, -0.2) is 35.7 Å². The summed E-state index contributed by atoms with van der Waals surface area (Å²) in [5.74, 6) is -0.135. The smallest absolute Gasteiger partial charge is 0.234 e. The summed E-state index contributed by atoms with van der Waals surface area (Å²) < 4.78 is 5.62. The van der Waals surface area contributed by atoms with E-state index < -0.39 is 5.41 Å². The van der Waals surface area contributed by atoms with E-state index in [1.807, 2.05) is 6.92 Å². The van der Waals surface area contributed by atoms with E-state index in [2.05, 4.69) is 10.5 Å². The maximum absolute atomic E-state index is 12.2. The Morgan fingerprint density at radius 2 is 2.17 bits per heavy atom. The van der Waals surface area contributed by atoms with Crippen LogP contribution >= 0.6 is 0 Å². The average molecular weight is 255 g/mol. The summed E-state index contributed by atoms with van der Waals surface area (Å²) in [6.45, 7) is 3.22. The Labute approximate surface area is 107 Å². The van der Waals surface area contributed by atoms with Gasteiger partial charge in [0.1, 0.15) is 5.41 Å². The third-order valence-electron chi connectivity index (χ3n) is 4.16. The van der Waals surface area contributed by atoms with Gasteiger partial charge in [-0.1, -0.05) is 11.6 Å². The molecule has 2 fully saturated rings. The zero-order chi connectivity index (χ0) is 13.2. The van der Waals surface area contributed by atoms with E-state index in [0.717, 1.165) is 25.9 Å². The molecule has 0 radical (unpaired) electrons. The molecule has 2 rings (SSSR count). The minimum absolute atomic E-state index is 0.0174. The number of hydrogen-bond acceptors (Lipinski definition) is 4. The van der Waals surface area contributed by atoms with Gasteiger partial charge in [-0.25, -0.2) is 0 Å². The first-order chi connectivity index (χ1) is 8.52. The normalized spacial score (nSPS) is 30.8. The molecule has 0 bridgehead atoms. The fourth-order valence-electron chi connectivity index (χ4n) is 2.64. The molecule has 102 valence electrons. The van der Waals surface area contributed by atoms with Crippen molar-refractivity contribution in [3.63, 3.8) is 0 Å². The number of nitrogens with one attached hydrogen (secondary N) is 1. The molecule has 0 aromatic rings. The predicted octanol–water partition coefficient (Wildman–Crippen LogP) is 0.588. The van der Waals surface area contributed by atoms with Gasteiger partial charge in [0.25, 0.3) is 0 Å². The standard InChI is InChI=1S/C12H21N3O3/c1-11(4-3-7-18-11)8-14-10(16)12(5-2-6-12)9(13)15-17/h17H,2-8H2,1H3,(H2,13,15)(H,14,16). The third-order valence-corrected chi connectivity index (χ3v) is 4.16. The highest BCUT2D eigenvalue weighted by Crippen LogP contribution is 2.41. The van der Waals surface area contributed by atoms with Gasteiger partial charge in [0, 0.05) is 13.2 Å². The van der Waals surface area contributed by atoms with Gasteiger partial charge in [0.15, 0.2) is 5.84 Å². The van der Waals surface area contributed by atoms with Crippen molar-refractivity contribution in [1.29, 1.82) is 0 Å². The number of nitrogens with two attached hydrogens (primary N) is 1. The Hall–Kier alpha value is -1.30. The van der Waals surface area contributed by atoms with Gasteiger partial charge in [-0.2, -0.15) is 0 Å². The van der Waals surface area contributed by atoms with Crippen LogP contribution in [0.4, 0.5) is 0 Å². The molecule has 0 aromatic heterocycles. The van der Waals surface area contributed by atoms with Crippen molar-refractivity contribution in [3.05, 3.63) is 0 Å². The molecular weight excluding hydrogens is 234 g/mol. The van der Waals surface area contributed by atoms with Crippen LogP contribution in [0.25, 0.3) is 0 Å². The molecule has 1 atom stereocenters. The van der Waals surface area contributed by atoms with Gasteiger partial charge in [-0.05, 0) is 32.6 Å². The summed E-state index contributed by atoms with van der Waals surface area (Å²) in [7, 11) is 0. The Balaban J connectivity index is 1.95. The number of nitrogens with zero attached hydrogens (tertiary/aromatic N) is 1. The molecule has 18 heavy (non-hydrogen) atoms. The van der Waals surface area contributed by atoms with E-state index in [4.69, 9.17) is 15.7 Å². The molecule has 6 heteroatoms. The van der Waals surface area contributed by atoms with Crippen molar-refractivity contribution in [2.24, 2.45) is 16.3 Å². The lowest BCUT2D eigenvalue weighted by molar-refractivity contribution is -0.132. The summed E-state index contributed by atoms with van der Waals surface area (Å²) in [6, 6.07) is 0. The Kier molecular flexibility index (Phi) is 3.47. The number of oxime groups is 1. The molecule has 4 N–H and O–H groups in total. The van der Waals surface area contributed by atoms with Gasteiger partial charge < -0.3 is 21.0 Å². The zero-order valence-electron chi connectivity index (χ0n) is 10.7. The number of carbonyl (C=O) groups excluding carboxylic acids is 1. The first kappa shape index (κ1) is 13.1. The van der Waals surface area contributed by atoms with Crippen LogP contribution in [0.2, 0.25) is 0 Å². The van der Waals surface area contributed by atoms with Crippen LogP contribution in [0.3, 0.4) is 0 Å². The largest absolute Gasteiger partial charge is 0.409 e. The summed E-state index contributed by atoms with van der Waals surface area (Å²) in [5, 5.41) is 14.7. The minimum atomic E-state index is -0.802. The number of rotatable bonds is 4. The van der Waals surface area contributed by atoms with Crippen molar-refractivity contribution in [1.82, 2.24) is 5.32 Å². The van der Waals surface area contributed by atoms with Gasteiger partial charge in [-0.3, -0.25) is 4.79 Å². The average Bonchev–Trinajstić information content (AvgIpc) is 2.72. The number of amidine groups is 1. The Morgan fingerprint density at radius 3 is 2.61 bits per heavy atom. The number of ether oxygens (including phenoxy) is 1. The molecule has 6 nitrogen and oxygen atoms in total. The number of carbonyl (C=O) groups is 1. The second-order valence-electron chi connectivity index (χ2n) is 5.51. The quantitative estimate of drug-likeness (QED) is 0.296. The first-order valence-corrected chi connectivity index (χ1v) is 6.43. The molecule has 0 spiro atoms. The molecule has 1 heterocycles. The summed E-state index contributed by atoms with van der Waals surface area (Å²) >= 11 is 0. The van der Waals surface area contributed by atoms with Gasteiger partial charge >= 0.3 is 0 Å². The maximum Gasteiger partial charge on any atom is 0.234 e. The Bertz CT molecular complexity index is 358. The van der Waals surface area contributed by atoms with Gasteiger partial charge in [-0.15, -0.1) is 0 Å². The highest BCUT2D eigenvalue weighted by molar-refractivity contribution is 6.07. The molecule has 1 unspecified atom stereocenters. The van der Waals surface area contributed by atoms with E-state index in [1.54, 1.807) is 0 Å². The van der Waals surface area contributed by atoms with Crippen LogP contribution in [0.5, 0.6) is 0 Å². The maximum atomic E-state index is 12.2. The van der Waals surface area contributed by atoms with Gasteiger partial charge in [0.05, 0.1) is 5.60 Å². The molecular formula is C12H21N3O3. The summed E-state index contributed by atoms with van der Waals surface area (Å²) in [5.41, 5.74) is 4.56. The zero-order valence-corrected chi connectivity index (χ0v) is 10.7. The molecule has 1 amide bonds. The second-order valence-corrected chi connectivity index (χ2v) is 5.51. The number of amides is 1. The van der Waals surface area contributed by atoms with Crippen LogP contribution in [0, 0.1) is 5.41 Å². The lowest BCUT2D eigenvalue weighted by Crippen LogP contribution is -2.56. The molecule has 1 aliphatic heterocycles.